The van der Waals surface area contributed by atoms with E-state index in [1.807, 2.05) is 35.9 Å². The van der Waals surface area contributed by atoms with Crippen LogP contribution in [0.1, 0.15) is 31.5 Å². The average Bonchev–Trinajstić information content (AvgIpc) is 3.12. The van der Waals surface area contributed by atoms with Gasteiger partial charge in [0, 0.05) is 7.05 Å². The Hall–Kier alpha value is -2.30. The first-order valence-electron chi connectivity index (χ1n) is 7.34. The van der Waals surface area contributed by atoms with E-state index in [4.69, 9.17) is 5.73 Å². The van der Waals surface area contributed by atoms with Crippen molar-refractivity contribution in [1.82, 2.24) is 9.55 Å². The zero-order valence-electron chi connectivity index (χ0n) is 12.0. The lowest BCUT2D eigenvalue weighted by Crippen LogP contribution is -2.22. The van der Waals surface area contributed by atoms with E-state index >= 15 is 0 Å². The molecule has 1 aromatic heterocycles. The number of hydrogen-bond donors (Lipinski definition) is 2. The number of benzene rings is 1. The third kappa shape index (κ3) is 1.57. The topological polar surface area (TPSA) is 76.4 Å². The first-order chi connectivity index (χ1) is 10.1. The highest BCUT2D eigenvalue weighted by Gasteiger charge is 2.45. The van der Waals surface area contributed by atoms with Crippen molar-refractivity contribution in [2.75, 3.05) is 0 Å². The van der Waals surface area contributed by atoms with Crippen molar-refractivity contribution >= 4 is 22.4 Å². The van der Waals surface area contributed by atoms with Gasteiger partial charge in [0.1, 0.15) is 23.0 Å². The number of hydrogen-bond acceptors (Lipinski definition) is 4. The highest BCUT2D eigenvalue weighted by Crippen LogP contribution is 2.45. The molecule has 2 heterocycles. The second-order valence-electron chi connectivity index (χ2n) is 5.94. The van der Waals surface area contributed by atoms with Crippen molar-refractivity contribution in [3.63, 3.8) is 0 Å². The molecule has 1 saturated carbocycles. The zero-order chi connectivity index (χ0) is 14.6. The summed E-state index contributed by atoms with van der Waals surface area (Å²) in [4.78, 5) is 9.22. The number of aliphatic hydroxyl groups is 1. The van der Waals surface area contributed by atoms with Gasteiger partial charge in [-0.05, 0) is 25.0 Å². The minimum atomic E-state index is -0.489. The summed E-state index contributed by atoms with van der Waals surface area (Å²) in [5.74, 6) is 1.41. The molecule has 0 radical (unpaired) electrons. The van der Waals surface area contributed by atoms with Gasteiger partial charge in [0.2, 0.25) is 0 Å². The van der Waals surface area contributed by atoms with E-state index in [1.54, 1.807) is 0 Å². The zero-order valence-corrected chi connectivity index (χ0v) is 12.0. The van der Waals surface area contributed by atoms with Gasteiger partial charge in [0.15, 0.2) is 0 Å². The number of aliphatic hydroxyl groups excluding tert-OH is 1. The second kappa shape index (κ2) is 4.10. The molecule has 0 atom stereocenters. The third-order valence-corrected chi connectivity index (χ3v) is 4.71. The van der Waals surface area contributed by atoms with E-state index in [-0.39, 0.29) is 0 Å². The van der Waals surface area contributed by atoms with Gasteiger partial charge in [-0.15, -0.1) is 0 Å². The molecule has 5 heteroatoms. The van der Waals surface area contributed by atoms with Crippen molar-refractivity contribution in [1.29, 1.82) is 0 Å². The fourth-order valence-corrected chi connectivity index (χ4v) is 3.59. The molecule has 21 heavy (non-hydrogen) atoms. The van der Waals surface area contributed by atoms with Gasteiger partial charge in [-0.3, -0.25) is 4.99 Å². The Morgan fingerprint density at radius 3 is 2.67 bits per heavy atom. The predicted octanol–water partition coefficient (Wildman–Crippen LogP) is 2.53. The molecule has 2 aromatic rings. The van der Waals surface area contributed by atoms with Gasteiger partial charge < -0.3 is 15.4 Å². The van der Waals surface area contributed by atoms with E-state index in [0.29, 0.717) is 23.0 Å². The van der Waals surface area contributed by atoms with Crippen LogP contribution in [0, 0.1) is 0 Å². The number of aryl methyl sites for hydroxylation is 1. The summed E-state index contributed by atoms with van der Waals surface area (Å²) in [6, 6.07) is 7.91. The molecule has 1 aliphatic heterocycles. The van der Waals surface area contributed by atoms with Gasteiger partial charge in [0.05, 0.1) is 16.6 Å². The number of aromatic nitrogens is 2. The minimum absolute atomic E-state index is 0.302. The van der Waals surface area contributed by atoms with Gasteiger partial charge in [-0.2, -0.15) is 0 Å². The van der Waals surface area contributed by atoms with Gasteiger partial charge >= 0.3 is 0 Å². The van der Waals surface area contributed by atoms with Crippen LogP contribution in [0.5, 0.6) is 0 Å². The van der Waals surface area contributed by atoms with Gasteiger partial charge in [-0.1, -0.05) is 25.0 Å². The van der Waals surface area contributed by atoms with Crippen molar-refractivity contribution < 1.29 is 5.11 Å². The molecule has 0 amide bonds. The Morgan fingerprint density at radius 2 is 1.95 bits per heavy atom. The fraction of sp³-hybridized carbons (Fsp3) is 0.375. The second-order valence-corrected chi connectivity index (χ2v) is 5.94. The number of imidazole rings is 1. The van der Waals surface area contributed by atoms with E-state index in [0.717, 1.165) is 36.7 Å². The molecular weight excluding hydrogens is 264 g/mol. The van der Waals surface area contributed by atoms with E-state index in [2.05, 4.69) is 9.98 Å². The molecule has 0 saturated heterocycles. The van der Waals surface area contributed by atoms with Crippen LogP contribution in [0.3, 0.4) is 0 Å². The summed E-state index contributed by atoms with van der Waals surface area (Å²) in [6.07, 6.45) is 3.90. The SMILES string of the molecule is Cn1c(C2=C(O)C3(CCCC3)N=C2N)nc2ccccc21. The lowest BCUT2D eigenvalue weighted by molar-refractivity contribution is 0.307. The molecule has 1 aromatic carbocycles. The number of rotatable bonds is 1. The molecule has 0 unspecified atom stereocenters. The number of amidine groups is 1. The molecule has 2 aliphatic rings. The molecule has 4 rings (SSSR count). The van der Waals surface area contributed by atoms with Crippen LogP contribution >= 0.6 is 0 Å². The lowest BCUT2D eigenvalue weighted by atomic mass is 9.95. The monoisotopic (exact) mass is 282 g/mol. The highest BCUT2D eigenvalue weighted by atomic mass is 16.3. The molecule has 0 bridgehead atoms. The molecular formula is C16H18N4O. The fourth-order valence-electron chi connectivity index (χ4n) is 3.59. The van der Waals surface area contributed by atoms with Crippen LogP contribution in [-0.2, 0) is 7.05 Å². The van der Waals surface area contributed by atoms with Crippen LogP contribution in [0.2, 0.25) is 0 Å². The molecule has 1 fully saturated rings. The summed E-state index contributed by atoms with van der Waals surface area (Å²) >= 11 is 0. The maximum absolute atomic E-state index is 10.7. The Kier molecular flexibility index (Phi) is 2.43. The van der Waals surface area contributed by atoms with Crippen LogP contribution in [0.25, 0.3) is 16.6 Å². The first-order valence-corrected chi connectivity index (χ1v) is 7.34. The summed E-state index contributed by atoms with van der Waals surface area (Å²) in [7, 11) is 1.94. The van der Waals surface area contributed by atoms with Crippen molar-refractivity contribution in [3.05, 3.63) is 35.8 Å². The third-order valence-electron chi connectivity index (χ3n) is 4.71. The molecule has 1 spiro atoms. The summed E-state index contributed by atoms with van der Waals surface area (Å²) in [5, 5.41) is 10.7. The lowest BCUT2D eigenvalue weighted by Gasteiger charge is -2.19. The Bertz CT molecular complexity index is 794. The van der Waals surface area contributed by atoms with Crippen molar-refractivity contribution in [3.8, 4) is 0 Å². The highest BCUT2D eigenvalue weighted by molar-refractivity contribution is 6.24. The molecule has 3 N–H and O–H groups in total. The van der Waals surface area contributed by atoms with E-state index in [1.165, 1.54) is 0 Å². The van der Waals surface area contributed by atoms with Crippen LogP contribution in [-0.4, -0.2) is 26.0 Å². The van der Waals surface area contributed by atoms with Crippen LogP contribution in [0.4, 0.5) is 0 Å². The van der Waals surface area contributed by atoms with Gasteiger partial charge in [-0.25, -0.2) is 4.98 Å². The number of nitrogens with two attached hydrogens (primary N) is 1. The number of aliphatic imine (C=N–C) groups is 1. The normalized spacial score (nSPS) is 20.7. The molecule has 108 valence electrons. The van der Waals surface area contributed by atoms with Crippen molar-refractivity contribution in [2.24, 2.45) is 17.8 Å². The van der Waals surface area contributed by atoms with Crippen LogP contribution in [0.15, 0.2) is 35.0 Å². The van der Waals surface area contributed by atoms with E-state index < -0.39 is 5.54 Å². The Balaban J connectivity index is 1.94. The quantitative estimate of drug-likeness (QED) is 0.843. The standard InChI is InChI=1S/C16H18N4O/c1-20-11-7-3-2-6-10(11)18-15(20)12-13(21)16(19-14(12)17)8-4-5-9-16/h2-3,6-7,21H,4-5,8-9H2,1H3,(H2,17,19). The van der Waals surface area contributed by atoms with E-state index in [9.17, 15) is 5.11 Å². The van der Waals surface area contributed by atoms with Crippen molar-refractivity contribution in [2.45, 2.75) is 31.2 Å². The Labute approximate surface area is 122 Å². The van der Waals surface area contributed by atoms with Gasteiger partial charge in [0.25, 0.3) is 0 Å². The largest absolute Gasteiger partial charge is 0.509 e. The molecule has 5 nitrogen and oxygen atoms in total. The smallest absolute Gasteiger partial charge is 0.148 e. The first kappa shape index (κ1) is 12.4. The maximum atomic E-state index is 10.7. The average molecular weight is 282 g/mol. The number of nitrogens with zero attached hydrogens (tertiary/aromatic N) is 3. The predicted molar refractivity (Wildman–Crippen MR) is 83.1 cm³/mol. The summed E-state index contributed by atoms with van der Waals surface area (Å²) in [5.41, 5.74) is 8.16. The molecule has 1 aliphatic carbocycles. The Morgan fingerprint density at radius 1 is 1.24 bits per heavy atom. The number of para-hydroxylation sites is 2. The summed E-state index contributed by atoms with van der Waals surface area (Å²) < 4.78 is 1.97. The number of fused-ring (bicyclic) bond motifs is 1. The maximum Gasteiger partial charge on any atom is 0.148 e. The minimum Gasteiger partial charge on any atom is -0.509 e. The van der Waals surface area contributed by atoms with Crippen LogP contribution < -0.4 is 5.73 Å². The summed E-state index contributed by atoms with van der Waals surface area (Å²) in [6.45, 7) is 0.